The Balaban J connectivity index is 1.73. The molecule has 4 rings (SSSR count). The minimum absolute atomic E-state index is 0.0152. The monoisotopic (exact) mass is 483 g/mol. The zero-order chi connectivity index (χ0) is 24.9. The number of nitrogens with one attached hydrogen (secondary N) is 1. The second-order valence-corrected chi connectivity index (χ2v) is 8.30. The molecule has 1 aromatic carbocycles. The van der Waals surface area contributed by atoms with Crippen LogP contribution in [0.2, 0.25) is 0 Å². The van der Waals surface area contributed by atoms with Crippen LogP contribution in [0.5, 0.6) is 5.75 Å². The molecule has 0 aliphatic carbocycles. The minimum Gasteiger partial charge on any atom is -0.503 e. The van der Waals surface area contributed by atoms with Crippen LogP contribution < -0.4 is 10.7 Å². The SMILES string of the molecule is CO[C@H]1C[C@@H](F)[C@H](C)N2C[C@H]1n1cc(C(=O)NCc3c(F)cc(F)cc3F)c(=O)c(O)c1C2=O. The first-order valence-electron chi connectivity index (χ1n) is 10.4. The van der Waals surface area contributed by atoms with E-state index in [1.54, 1.807) is 0 Å². The molecule has 3 heterocycles. The van der Waals surface area contributed by atoms with Gasteiger partial charge in [0.05, 0.1) is 18.2 Å². The van der Waals surface area contributed by atoms with E-state index in [0.29, 0.717) is 12.1 Å². The van der Waals surface area contributed by atoms with Gasteiger partial charge in [-0.3, -0.25) is 14.4 Å². The summed E-state index contributed by atoms with van der Waals surface area (Å²) in [6, 6.07) is -0.664. The fourth-order valence-corrected chi connectivity index (χ4v) is 4.44. The predicted molar refractivity (Wildman–Crippen MR) is 110 cm³/mol. The summed E-state index contributed by atoms with van der Waals surface area (Å²) in [7, 11) is 1.36. The quantitative estimate of drug-likeness (QED) is 0.649. The van der Waals surface area contributed by atoms with Crippen LogP contribution in [0.25, 0.3) is 0 Å². The molecule has 1 aromatic heterocycles. The fourth-order valence-electron chi connectivity index (χ4n) is 4.44. The van der Waals surface area contributed by atoms with Crippen molar-refractivity contribution < 1.29 is 37.0 Å². The van der Waals surface area contributed by atoms with Crippen molar-refractivity contribution >= 4 is 11.8 Å². The number of aromatic hydroxyl groups is 1. The second kappa shape index (κ2) is 8.75. The number of hydrogen-bond acceptors (Lipinski definition) is 5. The molecule has 2 aliphatic rings. The number of alkyl halides is 1. The topological polar surface area (TPSA) is 101 Å². The number of amides is 2. The van der Waals surface area contributed by atoms with Gasteiger partial charge in [0.15, 0.2) is 11.4 Å². The Morgan fingerprint density at radius 3 is 2.50 bits per heavy atom. The molecule has 2 N–H and O–H groups in total. The first kappa shape index (κ1) is 23.7. The molecule has 2 bridgehead atoms. The lowest BCUT2D eigenvalue weighted by atomic mass is 10.0. The molecule has 0 radical (unpaired) electrons. The van der Waals surface area contributed by atoms with Crippen LogP contribution in [-0.4, -0.2) is 58.4 Å². The summed E-state index contributed by atoms with van der Waals surface area (Å²) in [5.74, 6) is -6.48. The number of carbonyl (C=O) groups excluding carboxylic acids is 2. The molecule has 0 spiro atoms. The lowest BCUT2D eigenvalue weighted by molar-refractivity contribution is 0.0314. The van der Waals surface area contributed by atoms with E-state index in [1.165, 1.54) is 23.5 Å². The second-order valence-electron chi connectivity index (χ2n) is 8.30. The predicted octanol–water partition coefficient (Wildman–Crippen LogP) is 2.04. The molecular weight excluding hydrogens is 462 g/mol. The Morgan fingerprint density at radius 1 is 1.24 bits per heavy atom. The number of fused-ring (bicyclic) bond motifs is 4. The summed E-state index contributed by atoms with van der Waals surface area (Å²) >= 11 is 0. The normalized spacial score (nSPS) is 23.9. The van der Waals surface area contributed by atoms with Gasteiger partial charge in [0.1, 0.15) is 29.2 Å². The van der Waals surface area contributed by atoms with Gasteiger partial charge in [-0.2, -0.15) is 0 Å². The third-order valence-electron chi connectivity index (χ3n) is 6.40. The summed E-state index contributed by atoms with van der Waals surface area (Å²) < 4.78 is 62.2. The van der Waals surface area contributed by atoms with Crippen LogP contribution in [0.15, 0.2) is 23.1 Å². The van der Waals surface area contributed by atoms with E-state index < -0.39 is 88.2 Å². The maximum absolute atomic E-state index is 14.7. The maximum Gasteiger partial charge on any atom is 0.274 e. The molecule has 34 heavy (non-hydrogen) atoms. The lowest BCUT2D eigenvalue weighted by Crippen LogP contribution is -2.50. The third kappa shape index (κ3) is 3.81. The molecule has 1 fully saturated rings. The first-order chi connectivity index (χ1) is 16.0. The van der Waals surface area contributed by atoms with Crippen molar-refractivity contribution in [2.24, 2.45) is 0 Å². The van der Waals surface area contributed by atoms with Crippen molar-refractivity contribution in [1.29, 1.82) is 0 Å². The van der Waals surface area contributed by atoms with Crippen molar-refractivity contribution in [3.8, 4) is 5.75 Å². The van der Waals surface area contributed by atoms with Crippen molar-refractivity contribution in [1.82, 2.24) is 14.8 Å². The Labute approximate surface area is 190 Å². The molecule has 182 valence electrons. The van der Waals surface area contributed by atoms with Gasteiger partial charge in [-0.05, 0) is 6.92 Å². The molecule has 0 saturated carbocycles. The Hall–Kier alpha value is -3.41. The number of hydrogen-bond donors (Lipinski definition) is 2. The van der Waals surface area contributed by atoms with Crippen LogP contribution >= 0.6 is 0 Å². The number of pyridine rings is 1. The number of nitrogens with zero attached hydrogens (tertiary/aromatic N) is 2. The molecule has 1 saturated heterocycles. The molecule has 2 aromatic rings. The van der Waals surface area contributed by atoms with Gasteiger partial charge in [-0.25, -0.2) is 17.6 Å². The maximum atomic E-state index is 14.7. The molecule has 4 atom stereocenters. The van der Waals surface area contributed by atoms with E-state index >= 15 is 0 Å². The molecule has 8 nitrogen and oxygen atoms in total. The van der Waals surface area contributed by atoms with E-state index in [0.717, 1.165) is 6.20 Å². The van der Waals surface area contributed by atoms with Crippen LogP contribution in [0.1, 0.15) is 45.8 Å². The summed E-state index contributed by atoms with van der Waals surface area (Å²) in [5, 5.41) is 12.7. The fraction of sp³-hybridized carbons (Fsp3) is 0.409. The number of rotatable bonds is 4. The average molecular weight is 483 g/mol. The smallest absolute Gasteiger partial charge is 0.274 e. The van der Waals surface area contributed by atoms with Crippen LogP contribution in [0, 0.1) is 17.5 Å². The molecular formula is C22H21F4N3O5. The Morgan fingerprint density at radius 2 is 1.88 bits per heavy atom. The van der Waals surface area contributed by atoms with Crippen molar-refractivity contribution in [2.45, 2.75) is 44.2 Å². The summed E-state index contributed by atoms with van der Waals surface area (Å²) in [4.78, 5) is 39.6. The standard InChI is InChI=1S/C22H21F4N3O5/c1-9-13(24)5-17(34-2)16-8-28(9)22(33)18-20(31)19(30)12(7-29(16)18)21(32)27-6-11-14(25)3-10(23)4-15(11)26/h3-4,7,9,13,16-17,31H,5-6,8H2,1-2H3,(H,27,32)/t9-,13+,16+,17-/m0/s1. The van der Waals surface area contributed by atoms with Crippen molar-refractivity contribution in [3.05, 3.63) is 62.8 Å². The molecule has 0 unspecified atom stereocenters. The van der Waals surface area contributed by atoms with Gasteiger partial charge in [-0.1, -0.05) is 0 Å². The van der Waals surface area contributed by atoms with E-state index in [9.17, 15) is 37.1 Å². The highest BCUT2D eigenvalue weighted by Crippen LogP contribution is 2.36. The first-order valence-corrected chi connectivity index (χ1v) is 10.4. The van der Waals surface area contributed by atoms with Crippen LogP contribution in [0.3, 0.4) is 0 Å². The van der Waals surface area contributed by atoms with Gasteiger partial charge in [0.2, 0.25) is 5.43 Å². The minimum atomic E-state index is -1.43. The molecule has 2 aliphatic heterocycles. The number of methoxy groups -OCH3 is 1. The third-order valence-corrected chi connectivity index (χ3v) is 6.40. The summed E-state index contributed by atoms with van der Waals surface area (Å²) in [6.07, 6.45) is -1.19. The van der Waals surface area contributed by atoms with Crippen molar-refractivity contribution in [3.63, 3.8) is 0 Å². The average Bonchev–Trinajstić information content (AvgIpc) is 2.88. The number of aromatic nitrogens is 1. The Kier molecular flexibility index (Phi) is 6.11. The van der Waals surface area contributed by atoms with Gasteiger partial charge in [-0.15, -0.1) is 0 Å². The van der Waals surface area contributed by atoms with Gasteiger partial charge in [0.25, 0.3) is 11.8 Å². The number of halogens is 4. The highest BCUT2D eigenvalue weighted by atomic mass is 19.1. The van der Waals surface area contributed by atoms with E-state index in [1.807, 2.05) is 0 Å². The summed E-state index contributed by atoms with van der Waals surface area (Å²) in [6.45, 7) is 0.815. The van der Waals surface area contributed by atoms with E-state index in [-0.39, 0.29) is 13.0 Å². The lowest BCUT2D eigenvalue weighted by Gasteiger charge is -2.38. The highest BCUT2D eigenvalue weighted by molar-refractivity contribution is 5.99. The van der Waals surface area contributed by atoms with Crippen LogP contribution in [-0.2, 0) is 11.3 Å². The van der Waals surface area contributed by atoms with E-state index in [2.05, 4.69) is 5.32 Å². The largest absolute Gasteiger partial charge is 0.503 e. The molecule has 12 heteroatoms. The van der Waals surface area contributed by atoms with Gasteiger partial charge in [0, 0.05) is 50.5 Å². The number of ether oxygens (including phenoxy) is 1. The molecule has 2 amide bonds. The van der Waals surface area contributed by atoms with Gasteiger partial charge < -0.3 is 24.6 Å². The Bertz CT molecular complexity index is 1210. The zero-order valence-electron chi connectivity index (χ0n) is 18.1. The van der Waals surface area contributed by atoms with Crippen LogP contribution in [0.4, 0.5) is 17.6 Å². The van der Waals surface area contributed by atoms with E-state index in [4.69, 9.17) is 4.74 Å². The summed E-state index contributed by atoms with van der Waals surface area (Å²) in [5.41, 5.74) is -2.82. The van der Waals surface area contributed by atoms with Gasteiger partial charge >= 0.3 is 0 Å². The number of carbonyl (C=O) groups is 2. The van der Waals surface area contributed by atoms with Crippen molar-refractivity contribution in [2.75, 3.05) is 13.7 Å². The zero-order valence-corrected chi connectivity index (χ0v) is 18.1. The number of benzene rings is 1. The highest BCUT2D eigenvalue weighted by Gasteiger charge is 2.46.